The zero-order valence-corrected chi connectivity index (χ0v) is 19.1. The number of alkyl halides is 3. The molecule has 2 N–H and O–H groups in total. The fourth-order valence-electron chi connectivity index (χ4n) is 3.59. The van der Waals surface area contributed by atoms with Crippen molar-refractivity contribution in [1.29, 1.82) is 0 Å². The van der Waals surface area contributed by atoms with E-state index in [2.05, 4.69) is 25.3 Å². The lowest BCUT2D eigenvalue weighted by Crippen LogP contribution is -2.04. The van der Waals surface area contributed by atoms with Crippen molar-refractivity contribution in [1.82, 2.24) is 24.5 Å². The number of anilines is 2. The summed E-state index contributed by atoms with van der Waals surface area (Å²) in [5.41, 5.74) is -0.678. The highest BCUT2D eigenvalue weighted by molar-refractivity contribution is 5.81. The summed E-state index contributed by atoms with van der Waals surface area (Å²) in [6, 6.07) is 8.63. The van der Waals surface area contributed by atoms with Gasteiger partial charge < -0.3 is 19.6 Å². The minimum absolute atomic E-state index is 0.0788. The van der Waals surface area contributed by atoms with Crippen molar-refractivity contribution in [2.24, 2.45) is 7.05 Å². The van der Waals surface area contributed by atoms with Crippen LogP contribution in [0, 0.1) is 24.4 Å². The summed E-state index contributed by atoms with van der Waals surface area (Å²) in [6.07, 6.45) is -2.54. The molecular formula is C24H16F6N6O. The van der Waals surface area contributed by atoms with Gasteiger partial charge in [0.2, 0.25) is 5.95 Å². The molecule has 5 rings (SSSR count). The van der Waals surface area contributed by atoms with Crippen molar-refractivity contribution in [3.05, 3.63) is 77.5 Å². The van der Waals surface area contributed by atoms with Gasteiger partial charge in [-0.1, -0.05) is 0 Å². The Balaban J connectivity index is 1.41. The first kappa shape index (κ1) is 24.2. The van der Waals surface area contributed by atoms with Gasteiger partial charge in [-0.25, -0.2) is 23.1 Å². The van der Waals surface area contributed by atoms with Crippen LogP contribution in [0.2, 0.25) is 0 Å². The van der Waals surface area contributed by atoms with E-state index in [1.807, 2.05) is 0 Å². The molecule has 0 atom stereocenters. The van der Waals surface area contributed by atoms with Crippen molar-refractivity contribution < 1.29 is 31.1 Å². The first-order chi connectivity index (χ1) is 17.5. The molecule has 0 aliphatic carbocycles. The molecule has 2 aromatic carbocycles. The Labute approximate surface area is 204 Å². The molecule has 0 spiro atoms. The molecule has 3 aromatic heterocycles. The van der Waals surface area contributed by atoms with Crippen LogP contribution in [-0.4, -0.2) is 24.5 Å². The summed E-state index contributed by atoms with van der Waals surface area (Å²) < 4.78 is 88.1. The van der Waals surface area contributed by atoms with Crippen LogP contribution in [0.5, 0.6) is 11.5 Å². The maximum atomic E-state index is 14.3. The topological polar surface area (TPSA) is 80.7 Å². The van der Waals surface area contributed by atoms with E-state index in [0.717, 1.165) is 13.0 Å². The molecule has 0 aliphatic heterocycles. The number of halogens is 6. The van der Waals surface area contributed by atoms with Gasteiger partial charge in [0.1, 0.15) is 28.7 Å². The minimum atomic E-state index is -4.57. The Morgan fingerprint density at radius 1 is 0.973 bits per heavy atom. The van der Waals surface area contributed by atoms with Crippen LogP contribution >= 0.6 is 0 Å². The van der Waals surface area contributed by atoms with Gasteiger partial charge in [0.25, 0.3) is 0 Å². The lowest BCUT2D eigenvalue weighted by Gasteiger charge is -2.10. The number of aromatic amines is 1. The van der Waals surface area contributed by atoms with E-state index in [9.17, 15) is 26.3 Å². The molecule has 7 nitrogen and oxygen atoms in total. The van der Waals surface area contributed by atoms with Crippen molar-refractivity contribution in [2.75, 3.05) is 5.32 Å². The van der Waals surface area contributed by atoms with Crippen LogP contribution in [0.25, 0.3) is 22.6 Å². The fraction of sp³-hybridized carbons (Fsp3) is 0.125. The number of pyridine rings is 1. The molecule has 0 unspecified atom stereocenters. The fourth-order valence-corrected chi connectivity index (χ4v) is 3.59. The standard InChI is InChI=1S/C24H16F6N6O/c1-11-14(25)9-16(21(27)20(11)26)34-23-33-15-7-12(3-4-18(15)36(23)2)37-13-5-6-31-17(8-13)22-32-10-19(35-22)24(28,29)30/h3-10H,1-2H3,(H,32,35)(H,33,34). The summed E-state index contributed by atoms with van der Waals surface area (Å²) >= 11 is 0. The van der Waals surface area contributed by atoms with E-state index in [4.69, 9.17) is 4.74 Å². The zero-order chi connectivity index (χ0) is 26.5. The number of hydrogen-bond acceptors (Lipinski definition) is 5. The number of rotatable bonds is 5. The van der Waals surface area contributed by atoms with Crippen LogP contribution in [-0.2, 0) is 13.2 Å². The number of imidazole rings is 2. The second-order valence-corrected chi connectivity index (χ2v) is 8.05. The quantitative estimate of drug-likeness (QED) is 0.201. The second kappa shape index (κ2) is 8.84. The van der Waals surface area contributed by atoms with Gasteiger partial charge in [-0.15, -0.1) is 0 Å². The molecule has 5 aromatic rings. The van der Waals surface area contributed by atoms with Crippen LogP contribution in [0.1, 0.15) is 11.3 Å². The second-order valence-electron chi connectivity index (χ2n) is 8.05. The Bertz CT molecular complexity index is 1640. The lowest BCUT2D eigenvalue weighted by atomic mass is 10.2. The monoisotopic (exact) mass is 518 g/mol. The predicted octanol–water partition coefficient (Wildman–Crippen LogP) is 6.64. The van der Waals surface area contributed by atoms with Gasteiger partial charge in [0, 0.05) is 37.0 Å². The third-order valence-corrected chi connectivity index (χ3v) is 5.58. The number of nitrogens with zero attached hydrogens (tertiary/aromatic N) is 4. The summed E-state index contributed by atoms with van der Waals surface area (Å²) in [7, 11) is 1.63. The van der Waals surface area contributed by atoms with E-state index in [-0.39, 0.29) is 23.2 Å². The molecule has 13 heteroatoms. The zero-order valence-electron chi connectivity index (χ0n) is 19.1. The molecule has 37 heavy (non-hydrogen) atoms. The van der Waals surface area contributed by atoms with E-state index in [1.54, 1.807) is 29.8 Å². The number of H-pyrrole nitrogens is 1. The van der Waals surface area contributed by atoms with Crippen LogP contribution in [0.3, 0.4) is 0 Å². The van der Waals surface area contributed by atoms with Gasteiger partial charge in [-0.05, 0) is 25.1 Å². The van der Waals surface area contributed by atoms with Crippen molar-refractivity contribution in [2.45, 2.75) is 13.1 Å². The van der Waals surface area contributed by atoms with E-state index in [1.165, 1.54) is 18.3 Å². The van der Waals surface area contributed by atoms with Crippen molar-refractivity contribution in [3.8, 4) is 23.0 Å². The minimum Gasteiger partial charge on any atom is -0.457 e. The average molecular weight is 518 g/mol. The summed E-state index contributed by atoms with van der Waals surface area (Å²) in [5.74, 6) is -2.78. The third-order valence-electron chi connectivity index (χ3n) is 5.58. The number of hydrogen-bond donors (Lipinski definition) is 2. The van der Waals surface area contributed by atoms with Crippen molar-refractivity contribution >= 4 is 22.7 Å². The molecule has 0 saturated carbocycles. The van der Waals surface area contributed by atoms with Gasteiger partial charge in [0.05, 0.1) is 22.9 Å². The Morgan fingerprint density at radius 2 is 1.73 bits per heavy atom. The lowest BCUT2D eigenvalue weighted by molar-refractivity contribution is -0.140. The van der Waals surface area contributed by atoms with Crippen LogP contribution < -0.4 is 10.1 Å². The SMILES string of the molecule is Cc1c(F)cc(Nc2nc3cc(Oc4ccnc(-c5ncc(C(F)(F)F)[nH]5)c4)ccc3n2C)c(F)c1F. The smallest absolute Gasteiger partial charge is 0.432 e. The maximum absolute atomic E-state index is 14.3. The van der Waals surface area contributed by atoms with Gasteiger partial charge in [0.15, 0.2) is 17.5 Å². The van der Waals surface area contributed by atoms with Crippen LogP contribution in [0.15, 0.2) is 48.8 Å². The highest BCUT2D eigenvalue weighted by Gasteiger charge is 2.33. The normalized spacial score (nSPS) is 11.8. The number of nitrogens with one attached hydrogen (secondary N) is 2. The number of benzene rings is 2. The Morgan fingerprint density at radius 3 is 2.46 bits per heavy atom. The molecule has 0 fully saturated rings. The van der Waals surface area contributed by atoms with Gasteiger partial charge in [-0.2, -0.15) is 13.2 Å². The van der Waals surface area contributed by atoms with Crippen LogP contribution in [0.4, 0.5) is 38.0 Å². The molecule has 0 amide bonds. The van der Waals surface area contributed by atoms with Gasteiger partial charge >= 0.3 is 6.18 Å². The Hall–Kier alpha value is -4.55. The number of ether oxygens (including phenoxy) is 1. The average Bonchev–Trinajstić information content (AvgIpc) is 3.47. The van der Waals surface area contributed by atoms with Crippen molar-refractivity contribution in [3.63, 3.8) is 0 Å². The first-order valence-corrected chi connectivity index (χ1v) is 10.7. The number of aromatic nitrogens is 5. The third kappa shape index (κ3) is 4.55. The van der Waals surface area contributed by atoms with E-state index < -0.39 is 40.6 Å². The summed E-state index contributed by atoms with van der Waals surface area (Å²) in [4.78, 5) is 14.3. The molecule has 190 valence electrons. The highest BCUT2D eigenvalue weighted by atomic mass is 19.4. The Kier molecular flexibility index (Phi) is 5.77. The van der Waals surface area contributed by atoms with Gasteiger partial charge in [-0.3, -0.25) is 4.98 Å². The summed E-state index contributed by atoms with van der Waals surface area (Å²) in [5, 5.41) is 2.60. The molecule has 3 heterocycles. The molecule has 0 bridgehead atoms. The first-order valence-electron chi connectivity index (χ1n) is 10.7. The number of aryl methyl sites for hydroxylation is 1. The molecule has 0 aliphatic rings. The maximum Gasteiger partial charge on any atom is 0.432 e. The molecular weight excluding hydrogens is 502 g/mol. The molecule has 0 saturated heterocycles. The van der Waals surface area contributed by atoms with E-state index in [0.29, 0.717) is 23.0 Å². The molecule has 0 radical (unpaired) electrons. The van der Waals surface area contributed by atoms with E-state index >= 15 is 0 Å². The largest absolute Gasteiger partial charge is 0.457 e. The highest BCUT2D eigenvalue weighted by Crippen LogP contribution is 2.32. The predicted molar refractivity (Wildman–Crippen MR) is 122 cm³/mol. The number of fused-ring (bicyclic) bond motifs is 1. The summed E-state index contributed by atoms with van der Waals surface area (Å²) in [6.45, 7) is 1.13.